The average molecular weight is 337 g/mol. The third-order valence-corrected chi connectivity index (χ3v) is 4.94. The van der Waals surface area contributed by atoms with Crippen molar-refractivity contribution in [2.45, 2.75) is 71.0 Å². The minimum atomic E-state index is -0.634. The fourth-order valence-corrected chi connectivity index (χ4v) is 2.99. The van der Waals surface area contributed by atoms with Crippen LogP contribution in [-0.4, -0.2) is 36.0 Å². The summed E-state index contributed by atoms with van der Waals surface area (Å²) in [5.74, 6) is 0.133. The second-order valence-corrected chi connectivity index (χ2v) is 5.51. The van der Waals surface area contributed by atoms with Gasteiger partial charge >= 0.3 is 0 Å². The van der Waals surface area contributed by atoms with Crippen LogP contribution >= 0.6 is 15.9 Å². The molecule has 0 heterocycles. The van der Waals surface area contributed by atoms with Gasteiger partial charge in [0.25, 0.3) is 0 Å². The molecule has 0 aliphatic heterocycles. The summed E-state index contributed by atoms with van der Waals surface area (Å²) in [4.78, 5) is 12.1. The molecule has 0 rings (SSSR count). The van der Waals surface area contributed by atoms with Gasteiger partial charge in [-0.1, -0.05) is 43.6 Å². The van der Waals surface area contributed by atoms with Gasteiger partial charge in [0.2, 0.25) is 0 Å². The molecule has 0 N–H and O–H groups in total. The van der Waals surface area contributed by atoms with Gasteiger partial charge in [-0.3, -0.25) is 4.79 Å². The predicted octanol–water partition coefficient (Wildman–Crippen LogP) is 4.12. The normalized spacial score (nSPS) is 12.7. The zero-order valence-corrected chi connectivity index (χ0v) is 14.6. The van der Waals surface area contributed by atoms with Crippen molar-refractivity contribution in [3.8, 4) is 0 Å². The largest absolute Gasteiger partial charge is 0.378 e. The number of ether oxygens (including phenoxy) is 2. The lowest BCUT2D eigenvalue weighted by Gasteiger charge is -2.34. The van der Waals surface area contributed by atoms with Gasteiger partial charge < -0.3 is 9.47 Å². The first kappa shape index (κ1) is 19.1. The number of ketones is 1. The Hall–Kier alpha value is 0.0700. The molecule has 0 amide bonds. The molecule has 0 aromatic heterocycles. The minimum Gasteiger partial charge on any atom is -0.378 e. The summed E-state index contributed by atoms with van der Waals surface area (Å²) >= 11 is 3.25. The van der Waals surface area contributed by atoms with E-state index < -0.39 is 5.60 Å². The van der Waals surface area contributed by atoms with E-state index in [0.717, 1.165) is 19.3 Å². The van der Waals surface area contributed by atoms with E-state index >= 15 is 0 Å². The first-order valence-corrected chi connectivity index (χ1v) is 8.40. The molecule has 0 saturated carbocycles. The van der Waals surface area contributed by atoms with Gasteiger partial charge in [-0.2, -0.15) is 0 Å². The molecule has 0 unspecified atom stereocenters. The lowest BCUT2D eigenvalue weighted by atomic mass is 9.91. The standard InChI is InChI=1S/C15H29BrO3/c1-6-14(7-2,18-5)10-11-19-15(8-3,9-4)13(17)12-16/h6-12H2,1-5H3. The Labute approximate surface area is 126 Å². The van der Waals surface area contributed by atoms with Gasteiger partial charge in [-0.25, -0.2) is 0 Å². The topological polar surface area (TPSA) is 35.5 Å². The van der Waals surface area contributed by atoms with Crippen molar-refractivity contribution in [3.63, 3.8) is 0 Å². The third-order valence-electron chi connectivity index (χ3n) is 4.43. The Morgan fingerprint density at radius 1 is 1.05 bits per heavy atom. The predicted molar refractivity (Wildman–Crippen MR) is 83.0 cm³/mol. The zero-order chi connectivity index (χ0) is 14.9. The maximum absolute atomic E-state index is 12.1. The average Bonchev–Trinajstić information content (AvgIpc) is 2.48. The van der Waals surface area contributed by atoms with Crippen LogP contribution in [0.25, 0.3) is 0 Å². The Morgan fingerprint density at radius 3 is 1.89 bits per heavy atom. The highest BCUT2D eigenvalue weighted by molar-refractivity contribution is 9.09. The number of hydrogen-bond donors (Lipinski definition) is 0. The second-order valence-electron chi connectivity index (χ2n) is 4.95. The van der Waals surface area contributed by atoms with Crippen LogP contribution in [0.3, 0.4) is 0 Å². The highest BCUT2D eigenvalue weighted by atomic mass is 79.9. The molecule has 0 aliphatic carbocycles. The van der Waals surface area contributed by atoms with E-state index in [9.17, 15) is 4.79 Å². The van der Waals surface area contributed by atoms with E-state index in [0.29, 0.717) is 24.8 Å². The molecule has 0 radical (unpaired) electrons. The van der Waals surface area contributed by atoms with Crippen LogP contribution in [-0.2, 0) is 14.3 Å². The number of carbonyl (C=O) groups is 1. The Kier molecular flexibility index (Phi) is 9.12. The highest BCUT2D eigenvalue weighted by Crippen LogP contribution is 2.27. The van der Waals surface area contributed by atoms with Crippen molar-refractivity contribution in [3.05, 3.63) is 0 Å². The number of hydrogen-bond acceptors (Lipinski definition) is 3. The fourth-order valence-electron chi connectivity index (χ4n) is 2.48. The lowest BCUT2D eigenvalue weighted by molar-refractivity contribution is -0.146. The summed E-state index contributed by atoms with van der Waals surface area (Å²) in [5.41, 5.74) is -0.755. The second kappa shape index (κ2) is 9.09. The number of carbonyl (C=O) groups excluding carboxylic acids is 1. The van der Waals surface area contributed by atoms with E-state index in [2.05, 4.69) is 29.8 Å². The Balaban J connectivity index is 4.62. The first-order chi connectivity index (χ1) is 8.99. The molecule has 0 aromatic rings. The molecule has 0 aromatic carbocycles. The molecule has 19 heavy (non-hydrogen) atoms. The van der Waals surface area contributed by atoms with E-state index in [1.807, 2.05) is 13.8 Å². The van der Waals surface area contributed by atoms with Crippen molar-refractivity contribution < 1.29 is 14.3 Å². The maximum Gasteiger partial charge on any atom is 0.175 e. The van der Waals surface area contributed by atoms with Crippen LogP contribution in [0.4, 0.5) is 0 Å². The molecule has 0 fully saturated rings. The van der Waals surface area contributed by atoms with Crippen LogP contribution in [0.5, 0.6) is 0 Å². The highest BCUT2D eigenvalue weighted by Gasteiger charge is 2.35. The first-order valence-electron chi connectivity index (χ1n) is 7.28. The number of alkyl halides is 1. The minimum absolute atomic E-state index is 0.120. The summed E-state index contributed by atoms with van der Waals surface area (Å²) < 4.78 is 11.6. The molecule has 4 heteroatoms. The van der Waals surface area contributed by atoms with Crippen LogP contribution in [0.1, 0.15) is 59.8 Å². The summed E-state index contributed by atoms with van der Waals surface area (Å²) in [7, 11) is 1.75. The number of methoxy groups -OCH3 is 1. The van der Waals surface area contributed by atoms with E-state index in [1.54, 1.807) is 7.11 Å². The summed E-state index contributed by atoms with van der Waals surface area (Å²) in [6.07, 6.45) is 4.17. The van der Waals surface area contributed by atoms with E-state index in [1.165, 1.54) is 0 Å². The van der Waals surface area contributed by atoms with Crippen LogP contribution in [0.15, 0.2) is 0 Å². The van der Waals surface area contributed by atoms with Crippen molar-refractivity contribution in [1.82, 2.24) is 0 Å². The van der Waals surface area contributed by atoms with Crippen LogP contribution in [0.2, 0.25) is 0 Å². The number of Topliss-reactive ketones (excluding diaryl/α,β-unsaturated/α-hetero) is 1. The van der Waals surface area contributed by atoms with Crippen molar-refractivity contribution in [1.29, 1.82) is 0 Å². The SMILES string of the molecule is CCC(CC)(CCOC(CC)(CC)C(=O)CBr)OC. The number of rotatable bonds is 11. The molecular formula is C15H29BrO3. The Bertz CT molecular complexity index is 250. The molecule has 0 bridgehead atoms. The van der Waals surface area contributed by atoms with Gasteiger partial charge in [-0.05, 0) is 32.1 Å². The zero-order valence-electron chi connectivity index (χ0n) is 13.1. The summed E-state index contributed by atoms with van der Waals surface area (Å²) in [5, 5.41) is 0.353. The smallest absolute Gasteiger partial charge is 0.175 e. The van der Waals surface area contributed by atoms with Gasteiger partial charge in [0, 0.05) is 7.11 Å². The van der Waals surface area contributed by atoms with Crippen LogP contribution < -0.4 is 0 Å². The van der Waals surface area contributed by atoms with Gasteiger partial charge in [0.1, 0.15) is 5.60 Å². The van der Waals surface area contributed by atoms with Crippen molar-refractivity contribution in [2.75, 3.05) is 19.0 Å². The molecular weight excluding hydrogens is 308 g/mol. The molecule has 3 nitrogen and oxygen atoms in total. The molecule has 0 spiro atoms. The number of halogens is 1. The summed E-state index contributed by atoms with van der Waals surface area (Å²) in [6.45, 7) is 8.84. The fraction of sp³-hybridized carbons (Fsp3) is 0.933. The molecule has 0 aliphatic rings. The van der Waals surface area contributed by atoms with Crippen molar-refractivity contribution in [2.24, 2.45) is 0 Å². The van der Waals surface area contributed by atoms with Gasteiger partial charge in [-0.15, -0.1) is 0 Å². The Morgan fingerprint density at radius 2 is 1.58 bits per heavy atom. The lowest BCUT2D eigenvalue weighted by Crippen LogP contribution is -2.43. The maximum atomic E-state index is 12.1. The van der Waals surface area contributed by atoms with Gasteiger partial charge in [0.15, 0.2) is 5.78 Å². The van der Waals surface area contributed by atoms with Crippen molar-refractivity contribution >= 4 is 21.7 Å². The van der Waals surface area contributed by atoms with Gasteiger partial charge in [0.05, 0.1) is 17.5 Å². The quantitative estimate of drug-likeness (QED) is 0.532. The third kappa shape index (κ3) is 4.83. The van der Waals surface area contributed by atoms with Crippen LogP contribution in [0, 0.1) is 0 Å². The molecule has 0 saturated heterocycles. The van der Waals surface area contributed by atoms with E-state index in [4.69, 9.17) is 9.47 Å². The molecule has 0 atom stereocenters. The monoisotopic (exact) mass is 336 g/mol. The van der Waals surface area contributed by atoms with E-state index in [-0.39, 0.29) is 11.4 Å². The summed E-state index contributed by atoms with van der Waals surface area (Å²) in [6, 6.07) is 0. The molecule has 114 valence electrons.